The minimum Gasteiger partial charge on any atom is -0.328 e. The molecule has 30 heavy (non-hydrogen) atoms. The molecule has 1 fully saturated rings. The van der Waals surface area contributed by atoms with E-state index in [-0.39, 0.29) is 6.04 Å². The van der Waals surface area contributed by atoms with Gasteiger partial charge in [0.25, 0.3) is 0 Å². The molecule has 1 saturated heterocycles. The van der Waals surface area contributed by atoms with E-state index in [1.807, 2.05) is 88.4 Å². The van der Waals surface area contributed by atoms with E-state index in [0.29, 0.717) is 25.9 Å². The normalized spacial score (nSPS) is 18.1. The maximum Gasteiger partial charge on any atom is 0.313 e. The highest BCUT2D eigenvalue weighted by Crippen LogP contribution is 2.38. The first-order valence-electron chi connectivity index (χ1n) is 10.6. The standard InChI is InChI=1S/C25H33N3O2/c1-24(2)15-21(26)16-25(3,4)28(24)23(30)22(29)27(17-19-11-7-5-8-12-19)18-20-13-9-6-10-14-20/h5-14,21H,15-18,26H2,1-4H3. The van der Waals surface area contributed by atoms with Gasteiger partial charge in [0.05, 0.1) is 0 Å². The van der Waals surface area contributed by atoms with Crippen LogP contribution < -0.4 is 5.73 Å². The van der Waals surface area contributed by atoms with Crippen molar-refractivity contribution in [1.29, 1.82) is 0 Å². The van der Waals surface area contributed by atoms with Gasteiger partial charge in [0.1, 0.15) is 0 Å². The van der Waals surface area contributed by atoms with Crippen LogP contribution in [-0.2, 0) is 22.7 Å². The van der Waals surface area contributed by atoms with Gasteiger partial charge in [0, 0.05) is 30.2 Å². The third-order valence-corrected chi connectivity index (χ3v) is 5.84. The van der Waals surface area contributed by atoms with Gasteiger partial charge in [-0.1, -0.05) is 60.7 Å². The fraction of sp³-hybridized carbons (Fsp3) is 0.440. The molecule has 0 saturated carbocycles. The van der Waals surface area contributed by atoms with E-state index in [4.69, 9.17) is 5.73 Å². The van der Waals surface area contributed by atoms with Crippen molar-refractivity contribution in [1.82, 2.24) is 9.80 Å². The van der Waals surface area contributed by atoms with Crippen LogP contribution >= 0.6 is 0 Å². The van der Waals surface area contributed by atoms with Crippen molar-refractivity contribution < 1.29 is 9.59 Å². The van der Waals surface area contributed by atoms with E-state index in [0.717, 1.165) is 11.1 Å². The third-order valence-electron chi connectivity index (χ3n) is 5.84. The molecule has 2 amide bonds. The Labute approximate surface area is 179 Å². The molecule has 0 spiro atoms. The largest absolute Gasteiger partial charge is 0.328 e. The number of hydrogen-bond acceptors (Lipinski definition) is 3. The Balaban J connectivity index is 1.90. The maximum absolute atomic E-state index is 13.6. The van der Waals surface area contributed by atoms with E-state index >= 15 is 0 Å². The van der Waals surface area contributed by atoms with E-state index in [1.54, 1.807) is 9.80 Å². The summed E-state index contributed by atoms with van der Waals surface area (Å²) in [7, 11) is 0. The van der Waals surface area contributed by atoms with Crippen LogP contribution in [0.3, 0.4) is 0 Å². The highest BCUT2D eigenvalue weighted by atomic mass is 16.2. The first-order chi connectivity index (χ1) is 14.1. The molecular formula is C25H33N3O2. The van der Waals surface area contributed by atoms with Crippen LogP contribution in [0.2, 0.25) is 0 Å². The van der Waals surface area contributed by atoms with Crippen molar-refractivity contribution in [3.8, 4) is 0 Å². The lowest BCUT2D eigenvalue weighted by Gasteiger charge is -2.54. The van der Waals surface area contributed by atoms with E-state index in [2.05, 4.69) is 0 Å². The summed E-state index contributed by atoms with van der Waals surface area (Å²) >= 11 is 0. The number of carbonyl (C=O) groups excluding carboxylic acids is 2. The molecule has 160 valence electrons. The molecule has 2 N–H and O–H groups in total. The summed E-state index contributed by atoms with van der Waals surface area (Å²) in [4.78, 5) is 30.5. The summed E-state index contributed by atoms with van der Waals surface area (Å²) in [6.07, 6.45) is 1.35. The lowest BCUT2D eigenvalue weighted by atomic mass is 9.77. The number of carbonyl (C=O) groups is 2. The first kappa shape index (κ1) is 22.0. The second kappa shape index (κ2) is 8.60. The van der Waals surface area contributed by atoms with Crippen LogP contribution in [0.5, 0.6) is 0 Å². The van der Waals surface area contributed by atoms with Crippen molar-refractivity contribution in [3.05, 3.63) is 71.8 Å². The van der Waals surface area contributed by atoms with Crippen molar-refractivity contribution >= 4 is 11.8 Å². The zero-order valence-electron chi connectivity index (χ0n) is 18.5. The van der Waals surface area contributed by atoms with Gasteiger partial charge >= 0.3 is 11.8 Å². The molecular weight excluding hydrogens is 374 g/mol. The van der Waals surface area contributed by atoms with Crippen LogP contribution in [0.4, 0.5) is 0 Å². The summed E-state index contributed by atoms with van der Waals surface area (Å²) in [5.41, 5.74) is 7.27. The van der Waals surface area contributed by atoms with Gasteiger partial charge in [-0.2, -0.15) is 0 Å². The predicted octanol–water partition coefficient (Wildman–Crippen LogP) is 3.72. The second-order valence-corrected chi connectivity index (χ2v) is 9.57. The molecule has 0 radical (unpaired) electrons. The first-order valence-corrected chi connectivity index (χ1v) is 10.6. The lowest BCUT2D eigenvalue weighted by molar-refractivity contribution is -0.164. The Morgan fingerprint density at radius 3 is 1.67 bits per heavy atom. The van der Waals surface area contributed by atoms with Crippen molar-refractivity contribution in [2.45, 2.75) is 70.7 Å². The summed E-state index contributed by atoms with van der Waals surface area (Å²) in [6.45, 7) is 8.76. The quantitative estimate of drug-likeness (QED) is 0.786. The maximum atomic E-state index is 13.6. The van der Waals surface area contributed by atoms with Gasteiger partial charge in [0.2, 0.25) is 0 Å². The molecule has 2 aromatic rings. The smallest absolute Gasteiger partial charge is 0.313 e. The number of nitrogens with zero attached hydrogens (tertiary/aromatic N) is 2. The molecule has 5 heteroatoms. The number of benzene rings is 2. The number of hydrogen-bond donors (Lipinski definition) is 1. The van der Waals surface area contributed by atoms with E-state index in [9.17, 15) is 9.59 Å². The minimum absolute atomic E-state index is 0.0129. The number of amides is 2. The van der Waals surface area contributed by atoms with Crippen molar-refractivity contribution in [3.63, 3.8) is 0 Å². The van der Waals surface area contributed by atoms with Crippen LogP contribution in [0.1, 0.15) is 51.7 Å². The van der Waals surface area contributed by atoms with E-state index < -0.39 is 22.9 Å². The predicted molar refractivity (Wildman–Crippen MR) is 119 cm³/mol. The topological polar surface area (TPSA) is 66.6 Å². The summed E-state index contributed by atoms with van der Waals surface area (Å²) in [5, 5.41) is 0. The fourth-order valence-electron chi connectivity index (χ4n) is 4.95. The van der Waals surface area contributed by atoms with E-state index in [1.165, 1.54) is 0 Å². The molecule has 0 atom stereocenters. The molecule has 1 heterocycles. The van der Waals surface area contributed by atoms with Gasteiger partial charge in [-0.3, -0.25) is 9.59 Å². The Hall–Kier alpha value is -2.66. The molecule has 0 unspecified atom stereocenters. The minimum atomic E-state index is -0.487. The fourth-order valence-corrected chi connectivity index (χ4v) is 4.95. The van der Waals surface area contributed by atoms with Gasteiger partial charge in [0.15, 0.2) is 0 Å². The SMILES string of the molecule is CC1(C)CC(N)CC(C)(C)N1C(=O)C(=O)N(Cc1ccccc1)Cc1ccccc1. The average Bonchev–Trinajstić information content (AvgIpc) is 2.66. The monoisotopic (exact) mass is 407 g/mol. The lowest BCUT2D eigenvalue weighted by Crippen LogP contribution is -2.67. The molecule has 5 nitrogen and oxygen atoms in total. The Bertz CT molecular complexity index is 818. The Morgan fingerprint density at radius 2 is 1.27 bits per heavy atom. The van der Waals surface area contributed by atoms with Gasteiger partial charge < -0.3 is 15.5 Å². The Kier molecular flexibility index (Phi) is 6.32. The average molecular weight is 408 g/mol. The van der Waals surface area contributed by atoms with Crippen molar-refractivity contribution in [2.24, 2.45) is 5.73 Å². The molecule has 1 aliphatic heterocycles. The van der Waals surface area contributed by atoms with Crippen LogP contribution in [-0.4, -0.2) is 38.7 Å². The van der Waals surface area contributed by atoms with Crippen LogP contribution in [0.15, 0.2) is 60.7 Å². The Morgan fingerprint density at radius 1 is 0.867 bits per heavy atom. The number of rotatable bonds is 4. The zero-order valence-corrected chi connectivity index (χ0v) is 18.5. The highest BCUT2D eigenvalue weighted by molar-refractivity contribution is 6.35. The van der Waals surface area contributed by atoms with Gasteiger partial charge in [-0.05, 0) is 51.7 Å². The number of nitrogens with two attached hydrogens (primary N) is 1. The third kappa shape index (κ3) is 4.90. The molecule has 3 rings (SSSR count). The number of piperidine rings is 1. The summed E-state index contributed by atoms with van der Waals surface area (Å²) in [6, 6.07) is 19.6. The highest BCUT2D eigenvalue weighted by Gasteiger charge is 2.49. The molecule has 1 aliphatic rings. The summed E-state index contributed by atoms with van der Waals surface area (Å²) in [5.74, 6) is -0.928. The molecule has 0 bridgehead atoms. The second-order valence-electron chi connectivity index (χ2n) is 9.57. The van der Waals surface area contributed by atoms with Crippen molar-refractivity contribution in [2.75, 3.05) is 0 Å². The van der Waals surface area contributed by atoms with Crippen LogP contribution in [0, 0.1) is 0 Å². The van der Waals surface area contributed by atoms with Crippen LogP contribution in [0.25, 0.3) is 0 Å². The molecule has 2 aromatic carbocycles. The molecule has 0 aromatic heterocycles. The van der Waals surface area contributed by atoms with Gasteiger partial charge in [-0.25, -0.2) is 0 Å². The zero-order chi connectivity index (χ0) is 21.9. The molecule has 0 aliphatic carbocycles. The number of likely N-dealkylation sites (tertiary alicyclic amines) is 1. The van der Waals surface area contributed by atoms with Gasteiger partial charge in [-0.15, -0.1) is 0 Å². The summed E-state index contributed by atoms with van der Waals surface area (Å²) < 4.78 is 0.